The van der Waals surface area contributed by atoms with Gasteiger partial charge in [0.25, 0.3) is 0 Å². The molecule has 0 saturated carbocycles. The minimum Gasteiger partial charge on any atom is -0.395 e. The molecule has 0 atom stereocenters. The highest BCUT2D eigenvalue weighted by atomic mass is 32.2. The van der Waals surface area contributed by atoms with Crippen molar-refractivity contribution in [1.29, 1.82) is 0 Å². The van der Waals surface area contributed by atoms with Crippen molar-refractivity contribution in [3.8, 4) is 0 Å². The number of rotatable bonds is 10. The molecular weight excluding hydrogens is 290 g/mol. The topological polar surface area (TPSA) is 82.5 Å². The molecule has 0 saturated heterocycles. The number of unbranched alkanes of at least 4 members (excludes halogenated alkanes) is 1. The van der Waals surface area contributed by atoms with Crippen molar-refractivity contribution in [2.75, 3.05) is 31.6 Å². The van der Waals surface area contributed by atoms with Crippen LogP contribution in [0.25, 0.3) is 0 Å². The van der Waals surface area contributed by atoms with Gasteiger partial charge < -0.3 is 10.4 Å². The van der Waals surface area contributed by atoms with Crippen LogP contribution >= 0.6 is 0 Å². The molecule has 120 valence electrons. The Morgan fingerprint density at radius 1 is 1.29 bits per heavy atom. The largest absolute Gasteiger partial charge is 0.395 e. The van der Waals surface area contributed by atoms with Gasteiger partial charge in [-0.05, 0) is 18.9 Å². The van der Waals surface area contributed by atoms with Crippen LogP contribution in [0.2, 0.25) is 0 Å². The second-order valence-electron chi connectivity index (χ2n) is 4.78. The van der Waals surface area contributed by atoms with Gasteiger partial charge in [-0.2, -0.15) is 4.31 Å². The maximum atomic E-state index is 12.7. The van der Waals surface area contributed by atoms with Gasteiger partial charge in [-0.3, -0.25) is 4.98 Å². The van der Waals surface area contributed by atoms with E-state index in [2.05, 4.69) is 10.3 Å². The van der Waals surface area contributed by atoms with Crippen molar-refractivity contribution >= 4 is 15.7 Å². The Labute approximate surface area is 127 Å². The minimum absolute atomic E-state index is 0.102. The minimum atomic E-state index is -3.65. The highest BCUT2D eigenvalue weighted by molar-refractivity contribution is 7.89. The van der Waals surface area contributed by atoms with Crippen LogP contribution in [0.5, 0.6) is 0 Å². The quantitative estimate of drug-likeness (QED) is 0.686. The smallest absolute Gasteiger partial charge is 0.246 e. The molecule has 0 aliphatic heterocycles. The molecule has 0 aliphatic carbocycles. The second kappa shape index (κ2) is 8.96. The predicted octanol–water partition coefficient (Wildman–Crippen LogP) is 1.69. The number of pyridine rings is 1. The van der Waals surface area contributed by atoms with E-state index in [1.54, 1.807) is 12.3 Å². The summed E-state index contributed by atoms with van der Waals surface area (Å²) < 4.78 is 26.8. The van der Waals surface area contributed by atoms with Crippen molar-refractivity contribution in [2.45, 2.75) is 38.0 Å². The van der Waals surface area contributed by atoms with Gasteiger partial charge in [0.05, 0.1) is 12.3 Å². The summed E-state index contributed by atoms with van der Waals surface area (Å²) in [6.45, 7) is 5.03. The number of nitrogens with one attached hydrogen (secondary N) is 1. The highest BCUT2D eigenvalue weighted by Crippen LogP contribution is 2.23. The van der Waals surface area contributed by atoms with Crippen LogP contribution in [0, 0.1) is 0 Å². The molecule has 1 rings (SSSR count). The summed E-state index contributed by atoms with van der Waals surface area (Å²) in [4.78, 5) is 4.10. The molecule has 1 heterocycles. The zero-order valence-corrected chi connectivity index (χ0v) is 13.6. The maximum Gasteiger partial charge on any atom is 0.246 e. The van der Waals surface area contributed by atoms with E-state index < -0.39 is 10.0 Å². The molecule has 0 amide bonds. The van der Waals surface area contributed by atoms with Gasteiger partial charge in [0.1, 0.15) is 4.90 Å². The SMILES string of the molecule is CCCCN(CCO)S(=O)(=O)c1cnccc1NCCC. The zero-order chi connectivity index (χ0) is 15.7. The maximum absolute atomic E-state index is 12.7. The molecular formula is C14H25N3O3S. The normalized spacial score (nSPS) is 11.8. The van der Waals surface area contributed by atoms with Crippen LogP contribution in [0.4, 0.5) is 5.69 Å². The molecule has 0 aromatic carbocycles. The van der Waals surface area contributed by atoms with Crippen LogP contribution in [-0.2, 0) is 10.0 Å². The molecule has 0 fully saturated rings. The Balaban J connectivity index is 3.08. The molecule has 1 aromatic rings. The predicted molar refractivity (Wildman–Crippen MR) is 83.8 cm³/mol. The summed E-state index contributed by atoms with van der Waals surface area (Å²) in [6.07, 6.45) is 5.49. The Morgan fingerprint density at radius 3 is 2.67 bits per heavy atom. The lowest BCUT2D eigenvalue weighted by Crippen LogP contribution is -2.35. The van der Waals surface area contributed by atoms with E-state index in [1.807, 2.05) is 13.8 Å². The Morgan fingerprint density at radius 2 is 2.05 bits per heavy atom. The summed E-state index contributed by atoms with van der Waals surface area (Å²) in [5.74, 6) is 0. The molecule has 2 N–H and O–H groups in total. The number of aromatic nitrogens is 1. The number of hydrogen-bond acceptors (Lipinski definition) is 5. The van der Waals surface area contributed by atoms with E-state index in [0.29, 0.717) is 18.8 Å². The average molecular weight is 315 g/mol. The Hall–Kier alpha value is -1.18. The molecule has 0 aliphatic rings. The van der Waals surface area contributed by atoms with Crippen LogP contribution in [-0.4, -0.2) is 49.1 Å². The number of aliphatic hydroxyl groups excluding tert-OH is 1. The van der Waals surface area contributed by atoms with Crippen molar-refractivity contribution in [2.24, 2.45) is 0 Å². The van der Waals surface area contributed by atoms with Gasteiger partial charge in [-0.25, -0.2) is 8.42 Å². The van der Waals surface area contributed by atoms with Gasteiger partial charge in [-0.1, -0.05) is 20.3 Å². The first-order chi connectivity index (χ1) is 10.1. The fourth-order valence-electron chi connectivity index (χ4n) is 1.93. The standard InChI is InChI=1S/C14H25N3O3S/c1-3-5-9-17(10-11-18)21(19,20)14-12-15-8-6-13(14)16-7-4-2/h6,8,12,18H,3-5,7,9-11H2,1-2H3,(H,15,16). The summed E-state index contributed by atoms with van der Waals surface area (Å²) in [5.41, 5.74) is 0.561. The first-order valence-corrected chi connectivity index (χ1v) is 8.80. The van der Waals surface area contributed by atoms with Crippen molar-refractivity contribution in [1.82, 2.24) is 9.29 Å². The lowest BCUT2D eigenvalue weighted by Gasteiger charge is -2.22. The third-order valence-corrected chi connectivity index (χ3v) is 5.00. The summed E-state index contributed by atoms with van der Waals surface area (Å²) >= 11 is 0. The lowest BCUT2D eigenvalue weighted by atomic mass is 10.3. The Kier molecular flexibility index (Phi) is 7.63. The molecule has 0 bridgehead atoms. The van der Waals surface area contributed by atoms with Crippen LogP contribution < -0.4 is 5.32 Å². The average Bonchev–Trinajstić information content (AvgIpc) is 2.49. The Bertz CT molecular complexity index is 520. The van der Waals surface area contributed by atoms with E-state index in [1.165, 1.54) is 10.5 Å². The summed E-state index contributed by atoms with van der Waals surface area (Å²) in [6, 6.07) is 1.67. The first-order valence-electron chi connectivity index (χ1n) is 7.36. The monoisotopic (exact) mass is 315 g/mol. The highest BCUT2D eigenvalue weighted by Gasteiger charge is 2.26. The van der Waals surface area contributed by atoms with E-state index in [4.69, 9.17) is 5.11 Å². The van der Waals surface area contributed by atoms with E-state index in [0.717, 1.165) is 19.3 Å². The molecule has 6 nitrogen and oxygen atoms in total. The fourth-order valence-corrected chi connectivity index (χ4v) is 3.51. The van der Waals surface area contributed by atoms with Gasteiger partial charge in [-0.15, -0.1) is 0 Å². The third-order valence-electron chi connectivity index (χ3n) is 3.08. The van der Waals surface area contributed by atoms with Gasteiger partial charge in [0, 0.05) is 32.0 Å². The molecule has 21 heavy (non-hydrogen) atoms. The van der Waals surface area contributed by atoms with Crippen molar-refractivity contribution < 1.29 is 13.5 Å². The second-order valence-corrected chi connectivity index (χ2v) is 6.69. The molecule has 1 aromatic heterocycles. The number of nitrogens with zero attached hydrogens (tertiary/aromatic N) is 2. The summed E-state index contributed by atoms with van der Waals surface area (Å²) in [5, 5.41) is 12.2. The molecule has 7 heteroatoms. The van der Waals surface area contributed by atoms with Gasteiger partial charge >= 0.3 is 0 Å². The number of hydrogen-bond donors (Lipinski definition) is 2. The molecule has 0 spiro atoms. The molecule has 0 radical (unpaired) electrons. The zero-order valence-electron chi connectivity index (χ0n) is 12.7. The van der Waals surface area contributed by atoms with Crippen LogP contribution in [0.1, 0.15) is 33.1 Å². The van der Waals surface area contributed by atoms with E-state index >= 15 is 0 Å². The van der Waals surface area contributed by atoms with Crippen LogP contribution in [0.15, 0.2) is 23.4 Å². The van der Waals surface area contributed by atoms with Crippen LogP contribution in [0.3, 0.4) is 0 Å². The number of anilines is 1. The van der Waals surface area contributed by atoms with Gasteiger partial charge in [0.2, 0.25) is 10.0 Å². The summed E-state index contributed by atoms with van der Waals surface area (Å²) in [7, 11) is -3.65. The number of aliphatic hydroxyl groups is 1. The van der Waals surface area contributed by atoms with E-state index in [9.17, 15) is 8.42 Å². The third kappa shape index (κ3) is 4.94. The van der Waals surface area contributed by atoms with Crippen molar-refractivity contribution in [3.63, 3.8) is 0 Å². The lowest BCUT2D eigenvalue weighted by molar-refractivity contribution is 0.252. The molecule has 0 unspecified atom stereocenters. The number of sulfonamides is 1. The van der Waals surface area contributed by atoms with Gasteiger partial charge in [0.15, 0.2) is 0 Å². The van der Waals surface area contributed by atoms with Crippen molar-refractivity contribution in [3.05, 3.63) is 18.5 Å². The fraction of sp³-hybridized carbons (Fsp3) is 0.643. The first kappa shape index (κ1) is 17.9. The van der Waals surface area contributed by atoms with E-state index in [-0.39, 0.29) is 18.0 Å².